The first kappa shape index (κ1) is 18.4. The van der Waals surface area contributed by atoms with Crippen LogP contribution in [0.3, 0.4) is 0 Å². The normalized spacial score (nSPS) is 12.7. The summed E-state index contributed by atoms with van der Waals surface area (Å²) in [6, 6.07) is 14.0. The van der Waals surface area contributed by atoms with Gasteiger partial charge >= 0.3 is 0 Å². The molecular formula is C22H25N3O3. The fraction of sp³-hybridized carbons (Fsp3) is 0.318. The number of carbonyl (C=O) groups is 1. The maximum absolute atomic E-state index is 12.4. The highest BCUT2D eigenvalue weighted by atomic mass is 16.7. The summed E-state index contributed by atoms with van der Waals surface area (Å²) in [5, 5.41) is 4.14. The number of hydrogen-bond donors (Lipinski definition) is 1. The van der Waals surface area contributed by atoms with Gasteiger partial charge in [-0.15, -0.1) is 0 Å². The first-order valence-electron chi connectivity index (χ1n) is 9.50. The van der Waals surface area contributed by atoms with E-state index in [-0.39, 0.29) is 12.7 Å². The highest BCUT2D eigenvalue weighted by Gasteiger charge is 2.14. The predicted molar refractivity (Wildman–Crippen MR) is 110 cm³/mol. The van der Waals surface area contributed by atoms with Crippen molar-refractivity contribution in [1.29, 1.82) is 0 Å². The van der Waals surface area contributed by atoms with Crippen molar-refractivity contribution in [2.45, 2.75) is 19.4 Å². The van der Waals surface area contributed by atoms with Crippen molar-refractivity contribution in [2.24, 2.45) is 0 Å². The van der Waals surface area contributed by atoms with Gasteiger partial charge in [0.2, 0.25) is 12.7 Å². The third-order valence-electron chi connectivity index (χ3n) is 4.92. The average Bonchev–Trinajstić information content (AvgIpc) is 3.30. The number of hydrogen-bond acceptors (Lipinski definition) is 4. The van der Waals surface area contributed by atoms with E-state index in [9.17, 15) is 4.79 Å². The molecular weight excluding hydrogens is 354 g/mol. The van der Waals surface area contributed by atoms with Crippen molar-refractivity contribution in [2.75, 3.05) is 32.7 Å². The number of aryl methyl sites for hydroxylation is 1. The van der Waals surface area contributed by atoms with E-state index < -0.39 is 0 Å². The number of ether oxygens (including phenoxy) is 2. The van der Waals surface area contributed by atoms with Crippen molar-refractivity contribution in [3.63, 3.8) is 0 Å². The first-order valence-corrected chi connectivity index (χ1v) is 9.50. The predicted octanol–water partition coefficient (Wildman–Crippen LogP) is 3.50. The van der Waals surface area contributed by atoms with Crippen LogP contribution in [0.5, 0.6) is 11.5 Å². The summed E-state index contributed by atoms with van der Waals surface area (Å²) in [6.07, 6.45) is 3.17. The molecule has 0 unspecified atom stereocenters. The Labute approximate surface area is 164 Å². The fourth-order valence-corrected chi connectivity index (χ4v) is 3.36. The van der Waals surface area contributed by atoms with Gasteiger partial charge in [0, 0.05) is 42.3 Å². The Bertz CT molecular complexity index is 994. The van der Waals surface area contributed by atoms with Gasteiger partial charge in [0.25, 0.3) is 0 Å². The van der Waals surface area contributed by atoms with Crippen molar-refractivity contribution < 1.29 is 14.3 Å². The molecule has 28 heavy (non-hydrogen) atoms. The van der Waals surface area contributed by atoms with Crippen LogP contribution in [-0.4, -0.2) is 42.8 Å². The molecule has 6 heteroatoms. The van der Waals surface area contributed by atoms with E-state index in [1.54, 1.807) is 0 Å². The molecule has 0 spiro atoms. The van der Waals surface area contributed by atoms with Gasteiger partial charge in [0.1, 0.15) is 0 Å². The molecule has 4 rings (SSSR count). The van der Waals surface area contributed by atoms with Crippen LogP contribution in [-0.2, 0) is 17.8 Å². The number of nitrogens with zero attached hydrogens (tertiary/aromatic N) is 2. The number of aromatic nitrogens is 1. The van der Waals surface area contributed by atoms with Crippen molar-refractivity contribution in [3.8, 4) is 11.5 Å². The zero-order chi connectivity index (χ0) is 19.5. The van der Waals surface area contributed by atoms with E-state index in [1.165, 1.54) is 5.52 Å². The van der Waals surface area contributed by atoms with Crippen LogP contribution in [0.25, 0.3) is 10.9 Å². The van der Waals surface area contributed by atoms with Gasteiger partial charge in [-0.05, 0) is 62.5 Å². The Balaban J connectivity index is 1.35. The molecule has 146 valence electrons. The van der Waals surface area contributed by atoms with Gasteiger partial charge < -0.3 is 24.3 Å². The standard InChI is InChI=1S/C22H25N3O3/c1-24(2)11-12-25-10-9-17-14-18(5-6-19(17)25)23-22(26)8-4-16-3-7-20-21(13-16)28-15-27-20/h3,5-7,9-10,13-14H,4,8,11-12,15H2,1-2H3,(H,23,26). The second kappa shape index (κ2) is 7.94. The summed E-state index contributed by atoms with van der Waals surface area (Å²) < 4.78 is 12.9. The second-order valence-corrected chi connectivity index (χ2v) is 7.32. The Kier molecular flexibility index (Phi) is 5.21. The minimum atomic E-state index is 0.00376. The van der Waals surface area contributed by atoms with Crippen LogP contribution in [0.15, 0.2) is 48.7 Å². The molecule has 0 radical (unpaired) electrons. The van der Waals surface area contributed by atoms with Gasteiger partial charge in [-0.3, -0.25) is 4.79 Å². The van der Waals surface area contributed by atoms with Crippen LogP contribution in [0.4, 0.5) is 5.69 Å². The molecule has 0 bridgehead atoms. The number of nitrogens with one attached hydrogen (secondary N) is 1. The van der Waals surface area contributed by atoms with Crippen LogP contribution in [0.2, 0.25) is 0 Å². The maximum atomic E-state index is 12.4. The summed E-state index contributed by atoms with van der Waals surface area (Å²) in [5.41, 5.74) is 3.07. The van der Waals surface area contributed by atoms with Crippen molar-refractivity contribution >= 4 is 22.5 Å². The monoisotopic (exact) mass is 379 g/mol. The Morgan fingerprint density at radius 3 is 2.82 bits per heavy atom. The third-order valence-corrected chi connectivity index (χ3v) is 4.92. The van der Waals surface area contributed by atoms with E-state index in [0.717, 1.165) is 41.2 Å². The van der Waals surface area contributed by atoms with E-state index in [4.69, 9.17) is 9.47 Å². The minimum absolute atomic E-state index is 0.00376. The molecule has 6 nitrogen and oxygen atoms in total. The minimum Gasteiger partial charge on any atom is -0.454 e. The Hall–Kier alpha value is -2.99. The maximum Gasteiger partial charge on any atom is 0.231 e. The molecule has 0 saturated carbocycles. The smallest absolute Gasteiger partial charge is 0.231 e. The summed E-state index contributed by atoms with van der Waals surface area (Å²) in [5.74, 6) is 1.52. The van der Waals surface area contributed by atoms with Gasteiger partial charge in [0.15, 0.2) is 11.5 Å². The van der Waals surface area contributed by atoms with E-state index in [2.05, 4.69) is 47.2 Å². The number of rotatable bonds is 7. The molecule has 0 fully saturated rings. The van der Waals surface area contributed by atoms with E-state index >= 15 is 0 Å². The van der Waals surface area contributed by atoms with Crippen LogP contribution in [0.1, 0.15) is 12.0 Å². The number of fused-ring (bicyclic) bond motifs is 2. The summed E-state index contributed by atoms with van der Waals surface area (Å²) in [7, 11) is 4.14. The number of likely N-dealkylation sites (N-methyl/N-ethyl adjacent to an activating group) is 1. The highest BCUT2D eigenvalue weighted by molar-refractivity contribution is 5.94. The largest absolute Gasteiger partial charge is 0.454 e. The highest BCUT2D eigenvalue weighted by Crippen LogP contribution is 2.32. The Morgan fingerprint density at radius 2 is 1.96 bits per heavy atom. The van der Waals surface area contributed by atoms with Gasteiger partial charge in [-0.1, -0.05) is 6.07 Å². The quantitative estimate of drug-likeness (QED) is 0.683. The molecule has 1 aliphatic rings. The molecule has 2 heterocycles. The molecule has 0 saturated heterocycles. The van der Waals surface area contributed by atoms with Crippen LogP contribution < -0.4 is 14.8 Å². The number of anilines is 1. The number of benzene rings is 2. The van der Waals surface area contributed by atoms with Crippen molar-refractivity contribution in [3.05, 3.63) is 54.2 Å². The molecule has 2 aromatic carbocycles. The summed E-state index contributed by atoms with van der Waals surface area (Å²) in [4.78, 5) is 14.5. The molecule has 0 aliphatic carbocycles. The van der Waals surface area contributed by atoms with Gasteiger partial charge in [-0.2, -0.15) is 0 Å². The molecule has 0 atom stereocenters. The van der Waals surface area contributed by atoms with E-state index in [1.807, 2.05) is 30.3 Å². The van der Waals surface area contributed by atoms with Gasteiger partial charge in [0.05, 0.1) is 0 Å². The molecule has 3 aromatic rings. The fourth-order valence-electron chi connectivity index (χ4n) is 3.36. The van der Waals surface area contributed by atoms with Crippen LogP contribution >= 0.6 is 0 Å². The summed E-state index contributed by atoms with van der Waals surface area (Å²) >= 11 is 0. The molecule has 1 aliphatic heterocycles. The van der Waals surface area contributed by atoms with Crippen LogP contribution in [0, 0.1) is 0 Å². The molecule has 1 N–H and O–H groups in total. The lowest BCUT2D eigenvalue weighted by Crippen LogP contribution is -2.17. The Morgan fingerprint density at radius 1 is 1.11 bits per heavy atom. The molecule has 1 aromatic heterocycles. The lowest BCUT2D eigenvalue weighted by Gasteiger charge is -2.11. The SMILES string of the molecule is CN(C)CCn1ccc2cc(NC(=O)CCc3ccc4c(c3)OCO4)ccc21. The van der Waals surface area contributed by atoms with Gasteiger partial charge in [-0.25, -0.2) is 0 Å². The van der Waals surface area contributed by atoms with E-state index in [0.29, 0.717) is 12.8 Å². The van der Waals surface area contributed by atoms with Crippen molar-refractivity contribution in [1.82, 2.24) is 9.47 Å². The second-order valence-electron chi connectivity index (χ2n) is 7.32. The average molecular weight is 379 g/mol. The zero-order valence-corrected chi connectivity index (χ0v) is 16.3. The number of amides is 1. The summed E-state index contributed by atoms with van der Waals surface area (Å²) in [6.45, 7) is 2.19. The lowest BCUT2D eigenvalue weighted by atomic mass is 10.1. The topological polar surface area (TPSA) is 55.7 Å². The molecule has 1 amide bonds. The third kappa shape index (κ3) is 4.12. The first-order chi connectivity index (χ1) is 13.6. The number of carbonyl (C=O) groups excluding carboxylic acids is 1. The zero-order valence-electron chi connectivity index (χ0n) is 16.3. The lowest BCUT2D eigenvalue weighted by molar-refractivity contribution is -0.116.